The Morgan fingerprint density at radius 1 is 0.976 bits per heavy atom. The predicted molar refractivity (Wildman–Crippen MR) is 150 cm³/mol. The third-order valence-corrected chi connectivity index (χ3v) is 8.86. The first-order valence-corrected chi connectivity index (χ1v) is 14.6. The molecule has 230 valence electrons. The van der Waals surface area contributed by atoms with Crippen molar-refractivity contribution in [3.63, 3.8) is 0 Å². The van der Waals surface area contributed by atoms with Crippen molar-refractivity contribution in [1.29, 1.82) is 0 Å². The van der Waals surface area contributed by atoms with Crippen LogP contribution in [-0.2, 0) is 24.0 Å². The van der Waals surface area contributed by atoms with Crippen LogP contribution in [0.25, 0.3) is 0 Å². The average Bonchev–Trinajstić information content (AvgIpc) is 3.34. The zero-order valence-corrected chi connectivity index (χ0v) is 25.2. The fourth-order valence-electron chi connectivity index (χ4n) is 5.88. The molecule has 12 heteroatoms. The molecule has 0 aromatic heterocycles. The van der Waals surface area contributed by atoms with Crippen LogP contribution in [0.3, 0.4) is 0 Å². The van der Waals surface area contributed by atoms with Gasteiger partial charge in [-0.3, -0.25) is 19.2 Å². The highest BCUT2D eigenvalue weighted by Gasteiger charge is 2.49. The highest BCUT2D eigenvalue weighted by molar-refractivity contribution is 6.37. The lowest BCUT2D eigenvalue weighted by Gasteiger charge is -2.36. The van der Waals surface area contributed by atoms with Gasteiger partial charge in [-0.15, -0.1) is 0 Å². The Bertz CT molecular complexity index is 1070. The maximum absolute atomic E-state index is 14.1. The van der Waals surface area contributed by atoms with Crippen molar-refractivity contribution in [3.05, 3.63) is 0 Å². The molecule has 3 fully saturated rings. The van der Waals surface area contributed by atoms with E-state index in [0.717, 1.165) is 12.8 Å². The van der Waals surface area contributed by atoms with Crippen LogP contribution < -0.4 is 21.7 Å². The van der Waals surface area contributed by atoms with Crippen molar-refractivity contribution >= 4 is 35.5 Å². The lowest BCUT2D eigenvalue weighted by atomic mass is 9.79. The van der Waals surface area contributed by atoms with Crippen LogP contribution in [0.15, 0.2) is 0 Å². The maximum atomic E-state index is 14.1. The van der Waals surface area contributed by atoms with Gasteiger partial charge >= 0.3 is 12.0 Å². The van der Waals surface area contributed by atoms with E-state index in [0.29, 0.717) is 38.5 Å². The van der Waals surface area contributed by atoms with E-state index >= 15 is 0 Å². The van der Waals surface area contributed by atoms with E-state index in [1.165, 1.54) is 4.90 Å². The molecular weight excluding hydrogens is 530 g/mol. The number of carboxylic acid groups (broad SMARTS) is 1. The first kappa shape index (κ1) is 32.3. The molecule has 0 aromatic rings. The molecule has 41 heavy (non-hydrogen) atoms. The molecule has 1 heterocycles. The Morgan fingerprint density at radius 3 is 2.02 bits per heavy atom. The summed E-state index contributed by atoms with van der Waals surface area (Å²) in [7, 11) is 0. The van der Waals surface area contributed by atoms with Crippen molar-refractivity contribution < 1.29 is 33.9 Å². The van der Waals surface area contributed by atoms with E-state index in [-0.39, 0.29) is 23.8 Å². The summed E-state index contributed by atoms with van der Waals surface area (Å²) in [4.78, 5) is 78.5. The summed E-state index contributed by atoms with van der Waals surface area (Å²) in [5.41, 5.74) is 2.84. The first-order valence-electron chi connectivity index (χ1n) is 14.6. The molecule has 6 N–H and O–H groups in total. The van der Waals surface area contributed by atoms with Gasteiger partial charge in [0.25, 0.3) is 5.91 Å². The summed E-state index contributed by atoms with van der Waals surface area (Å²) in [6, 6.07) is -3.81. The summed E-state index contributed by atoms with van der Waals surface area (Å²) in [5.74, 6) is -3.94. The summed E-state index contributed by atoms with van der Waals surface area (Å²) in [5, 5.41) is 17.8. The topological polar surface area (TPSA) is 188 Å². The van der Waals surface area contributed by atoms with Gasteiger partial charge in [0.2, 0.25) is 17.6 Å². The van der Waals surface area contributed by atoms with E-state index in [1.54, 1.807) is 20.8 Å². The second-order valence-electron chi connectivity index (χ2n) is 14.3. The molecule has 1 saturated heterocycles. The number of hydrogen-bond acceptors (Lipinski definition) is 6. The molecule has 4 atom stereocenters. The van der Waals surface area contributed by atoms with Gasteiger partial charge in [-0.2, -0.15) is 0 Å². The predicted octanol–water partition coefficient (Wildman–Crippen LogP) is 1.70. The van der Waals surface area contributed by atoms with Gasteiger partial charge in [0.05, 0.1) is 6.04 Å². The van der Waals surface area contributed by atoms with Crippen LogP contribution in [0.1, 0.15) is 92.9 Å². The van der Waals surface area contributed by atoms with Gasteiger partial charge in [-0.25, -0.2) is 9.59 Å². The number of hydrogen-bond donors (Lipinski definition) is 5. The quantitative estimate of drug-likeness (QED) is 0.244. The normalized spacial score (nSPS) is 23.8. The summed E-state index contributed by atoms with van der Waals surface area (Å²) in [6.07, 6.45) is 4.42. The molecular formula is C29H47N5O7. The highest BCUT2D eigenvalue weighted by Crippen LogP contribution is 2.39. The largest absolute Gasteiger partial charge is 0.480 e. The Labute approximate surface area is 241 Å². The van der Waals surface area contributed by atoms with E-state index < -0.39 is 64.6 Å². The molecule has 1 unspecified atom stereocenters. The lowest BCUT2D eigenvalue weighted by molar-refractivity contribution is -0.144. The number of amides is 5. The van der Waals surface area contributed by atoms with Gasteiger partial charge < -0.3 is 31.7 Å². The number of carbonyl (C=O) groups is 6. The zero-order chi connectivity index (χ0) is 30.9. The Morgan fingerprint density at radius 2 is 1.56 bits per heavy atom. The standard InChI is InChI=1S/C29H47N5O7/c1-27(2,3)17-14-19(23(37)31-18(13-16-9-10-16)20(35)22(30)36)34(15-17)24(38)21(28(4,5)6)32-26(41)33-29(25(39)40)11-7-8-12-29/h16-19,21H,7-15H2,1-6H3,(H2,30,36)(H,31,37)(H,39,40)(H2,32,33,41)/t17-,18?,19+,21-/m1/s1. The second kappa shape index (κ2) is 12.0. The van der Waals surface area contributed by atoms with Crippen LogP contribution >= 0.6 is 0 Å². The smallest absolute Gasteiger partial charge is 0.329 e. The van der Waals surface area contributed by atoms with Gasteiger partial charge in [0.1, 0.15) is 17.6 Å². The number of Topliss-reactive ketones (excluding diaryl/α,β-unsaturated/α-hetero) is 1. The second-order valence-corrected chi connectivity index (χ2v) is 14.3. The van der Waals surface area contributed by atoms with Crippen molar-refractivity contribution in [2.75, 3.05) is 6.54 Å². The summed E-state index contributed by atoms with van der Waals surface area (Å²) in [6.45, 7) is 11.7. The molecule has 5 amide bonds. The van der Waals surface area contributed by atoms with Gasteiger partial charge in [-0.05, 0) is 48.3 Å². The van der Waals surface area contributed by atoms with Crippen molar-refractivity contribution in [2.45, 2.75) is 117 Å². The minimum Gasteiger partial charge on any atom is -0.480 e. The SMILES string of the molecule is CC(C)(C)[C@@H]1C[C@@H](C(=O)NC(CC2CC2)C(=O)C(N)=O)N(C(=O)[C@@H](NC(=O)NC2(C(=O)O)CCCC2)C(C)(C)C)C1. The number of likely N-dealkylation sites (tertiary alicyclic amines) is 1. The molecule has 0 aromatic carbocycles. The highest BCUT2D eigenvalue weighted by atomic mass is 16.4. The minimum atomic E-state index is -1.38. The van der Waals surface area contributed by atoms with E-state index in [1.807, 2.05) is 20.8 Å². The van der Waals surface area contributed by atoms with Gasteiger partial charge in [0, 0.05) is 6.54 Å². The molecule has 0 spiro atoms. The number of nitrogens with one attached hydrogen (secondary N) is 3. The number of urea groups is 1. The zero-order valence-electron chi connectivity index (χ0n) is 25.2. The van der Waals surface area contributed by atoms with Crippen molar-refractivity contribution in [3.8, 4) is 0 Å². The number of carbonyl (C=O) groups excluding carboxylic acids is 5. The number of primary amides is 1. The molecule has 3 rings (SSSR count). The van der Waals surface area contributed by atoms with Crippen LogP contribution in [0.4, 0.5) is 4.79 Å². The van der Waals surface area contributed by atoms with Crippen LogP contribution in [0.2, 0.25) is 0 Å². The molecule has 0 bridgehead atoms. The Hall–Kier alpha value is -3.18. The Balaban J connectivity index is 1.85. The number of ketones is 1. The fourth-order valence-corrected chi connectivity index (χ4v) is 5.88. The first-order chi connectivity index (χ1) is 18.9. The van der Waals surface area contributed by atoms with Crippen molar-refractivity contribution in [2.24, 2.45) is 28.4 Å². The number of aliphatic carboxylic acids is 1. The fraction of sp³-hybridized carbons (Fsp3) is 0.793. The van der Waals surface area contributed by atoms with Crippen LogP contribution in [0, 0.1) is 22.7 Å². The van der Waals surface area contributed by atoms with E-state index in [4.69, 9.17) is 5.73 Å². The Kier molecular flexibility index (Phi) is 9.44. The molecule has 1 aliphatic heterocycles. The van der Waals surface area contributed by atoms with Crippen molar-refractivity contribution in [1.82, 2.24) is 20.9 Å². The molecule has 3 aliphatic rings. The average molecular weight is 578 g/mol. The third kappa shape index (κ3) is 7.77. The monoisotopic (exact) mass is 577 g/mol. The summed E-state index contributed by atoms with van der Waals surface area (Å²) < 4.78 is 0. The third-order valence-electron chi connectivity index (χ3n) is 8.86. The number of carboxylic acids is 1. The van der Waals surface area contributed by atoms with E-state index in [9.17, 15) is 33.9 Å². The van der Waals surface area contributed by atoms with Gasteiger partial charge in [0.15, 0.2) is 0 Å². The van der Waals surface area contributed by atoms with E-state index in [2.05, 4.69) is 16.0 Å². The number of rotatable bonds is 10. The minimum absolute atomic E-state index is 0.0564. The maximum Gasteiger partial charge on any atom is 0.329 e. The van der Waals surface area contributed by atoms with Gasteiger partial charge in [-0.1, -0.05) is 67.2 Å². The molecule has 2 saturated carbocycles. The number of nitrogens with zero attached hydrogens (tertiary/aromatic N) is 1. The number of nitrogens with two attached hydrogens (primary N) is 1. The van der Waals surface area contributed by atoms with Crippen LogP contribution in [-0.4, -0.2) is 75.7 Å². The molecule has 2 aliphatic carbocycles. The molecule has 12 nitrogen and oxygen atoms in total. The summed E-state index contributed by atoms with van der Waals surface area (Å²) >= 11 is 0. The molecule has 0 radical (unpaired) electrons. The van der Waals surface area contributed by atoms with Crippen LogP contribution in [0.5, 0.6) is 0 Å². The lowest BCUT2D eigenvalue weighted by Crippen LogP contribution is -2.62.